The Hall–Kier alpha value is 0.110. The lowest BCUT2D eigenvalue weighted by atomic mass is 9.98. The van der Waals surface area contributed by atoms with Crippen molar-refractivity contribution in [3.8, 4) is 0 Å². The van der Waals surface area contributed by atoms with Crippen LogP contribution in [0.4, 0.5) is 4.39 Å². The zero-order chi connectivity index (χ0) is 10.2. The average Bonchev–Trinajstić information content (AvgIpc) is 2.92. The number of rotatable bonds is 3. The molecular formula is C11H11Br2F. The smallest absolute Gasteiger partial charge is 0.126 e. The van der Waals surface area contributed by atoms with Crippen molar-refractivity contribution in [1.82, 2.24) is 0 Å². The van der Waals surface area contributed by atoms with Gasteiger partial charge < -0.3 is 0 Å². The topological polar surface area (TPSA) is 0 Å². The second-order valence-corrected chi connectivity index (χ2v) is 5.52. The van der Waals surface area contributed by atoms with Gasteiger partial charge >= 0.3 is 0 Å². The monoisotopic (exact) mass is 320 g/mol. The van der Waals surface area contributed by atoms with Crippen LogP contribution in [0.15, 0.2) is 22.7 Å². The van der Waals surface area contributed by atoms with Gasteiger partial charge in [0, 0.05) is 9.80 Å². The largest absolute Gasteiger partial charge is 0.207 e. The second-order valence-electron chi connectivity index (χ2n) is 4.05. The molecule has 1 aliphatic carbocycles. The molecule has 0 aromatic heterocycles. The molecule has 0 aliphatic heterocycles. The summed E-state index contributed by atoms with van der Waals surface area (Å²) >= 11 is 6.87. The van der Waals surface area contributed by atoms with Crippen molar-refractivity contribution in [2.24, 2.45) is 5.41 Å². The zero-order valence-corrected chi connectivity index (χ0v) is 10.9. The van der Waals surface area contributed by atoms with Gasteiger partial charge in [-0.3, -0.25) is 0 Å². The molecule has 1 aliphatic rings. The molecule has 0 saturated heterocycles. The first-order valence-corrected chi connectivity index (χ1v) is 6.57. The molecule has 3 heteroatoms. The summed E-state index contributed by atoms with van der Waals surface area (Å²) in [6, 6.07) is 5.16. The Labute approximate surface area is 100 Å². The molecule has 0 atom stereocenters. The van der Waals surface area contributed by atoms with Crippen molar-refractivity contribution in [2.75, 3.05) is 5.33 Å². The molecule has 76 valence electrons. The van der Waals surface area contributed by atoms with Crippen molar-refractivity contribution in [2.45, 2.75) is 19.3 Å². The highest BCUT2D eigenvalue weighted by Crippen LogP contribution is 2.50. The Morgan fingerprint density at radius 2 is 2.07 bits per heavy atom. The quantitative estimate of drug-likeness (QED) is 0.728. The first kappa shape index (κ1) is 10.6. The number of alkyl halides is 1. The Bertz CT molecular complexity index is 345. The van der Waals surface area contributed by atoms with E-state index in [4.69, 9.17) is 0 Å². The van der Waals surface area contributed by atoms with Crippen LogP contribution < -0.4 is 0 Å². The van der Waals surface area contributed by atoms with E-state index in [1.165, 1.54) is 18.9 Å². The van der Waals surface area contributed by atoms with Gasteiger partial charge in [0.1, 0.15) is 5.82 Å². The van der Waals surface area contributed by atoms with E-state index in [1.54, 1.807) is 6.07 Å². The molecular weight excluding hydrogens is 311 g/mol. The number of halogens is 3. The third-order valence-electron chi connectivity index (χ3n) is 2.81. The Kier molecular flexibility index (Phi) is 2.98. The molecule has 0 unspecified atom stereocenters. The Morgan fingerprint density at radius 3 is 2.64 bits per heavy atom. The van der Waals surface area contributed by atoms with Crippen LogP contribution >= 0.6 is 31.9 Å². The van der Waals surface area contributed by atoms with Crippen LogP contribution in [0.1, 0.15) is 18.4 Å². The molecule has 1 aromatic carbocycles. The van der Waals surface area contributed by atoms with Gasteiger partial charge in [-0.2, -0.15) is 0 Å². The molecule has 0 bridgehead atoms. The summed E-state index contributed by atoms with van der Waals surface area (Å²) in [5, 5.41) is 0.978. The van der Waals surface area contributed by atoms with Gasteiger partial charge in [0.15, 0.2) is 0 Å². The number of hydrogen-bond donors (Lipinski definition) is 0. The lowest BCUT2D eigenvalue weighted by Gasteiger charge is -2.12. The lowest BCUT2D eigenvalue weighted by molar-refractivity contribution is 0.544. The number of hydrogen-bond acceptors (Lipinski definition) is 0. The van der Waals surface area contributed by atoms with Gasteiger partial charge in [-0.15, -0.1) is 0 Å². The average molecular weight is 322 g/mol. The summed E-state index contributed by atoms with van der Waals surface area (Å²) in [5.74, 6) is -0.0829. The van der Waals surface area contributed by atoms with Crippen molar-refractivity contribution >= 4 is 31.9 Å². The van der Waals surface area contributed by atoms with Crippen LogP contribution in [-0.4, -0.2) is 5.33 Å². The molecule has 0 nitrogen and oxygen atoms in total. The normalized spacial score (nSPS) is 18.2. The van der Waals surface area contributed by atoms with E-state index >= 15 is 0 Å². The molecule has 14 heavy (non-hydrogen) atoms. The third-order valence-corrected chi connectivity index (χ3v) is 4.50. The minimum atomic E-state index is -0.0829. The minimum absolute atomic E-state index is 0.0829. The molecule has 0 heterocycles. The maximum absolute atomic E-state index is 13.4. The Balaban J connectivity index is 2.20. The molecule has 2 rings (SSSR count). The maximum Gasteiger partial charge on any atom is 0.126 e. The van der Waals surface area contributed by atoms with Gasteiger partial charge in [0.05, 0.1) is 0 Å². The van der Waals surface area contributed by atoms with E-state index in [1.807, 2.05) is 6.07 Å². The standard InChI is InChI=1S/C11H11Br2F/c12-7-11(3-4-11)6-8-5-9(13)1-2-10(8)14/h1-2,5H,3-4,6-7H2. The summed E-state index contributed by atoms with van der Waals surface area (Å²) in [4.78, 5) is 0. The van der Waals surface area contributed by atoms with Crippen LogP contribution in [0.5, 0.6) is 0 Å². The van der Waals surface area contributed by atoms with E-state index in [-0.39, 0.29) is 5.82 Å². The molecule has 0 amide bonds. The zero-order valence-electron chi connectivity index (χ0n) is 7.69. The number of benzene rings is 1. The highest BCUT2D eigenvalue weighted by atomic mass is 79.9. The maximum atomic E-state index is 13.4. The van der Waals surface area contributed by atoms with Crippen LogP contribution in [0.3, 0.4) is 0 Å². The minimum Gasteiger partial charge on any atom is -0.207 e. The molecule has 1 saturated carbocycles. The van der Waals surface area contributed by atoms with E-state index in [9.17, 15) is 4.39 Å². The second kappa shape index (κ2) is 3.93. The summed E-state index contributed by atoms with van der Waals surface area (Å²) in [5.41, 5.74) is 1.16. The molecule has 0 N–H and O–H groups in total. The van der Waals surface area contributed by atoms with Crippen LogP contribution in [-0.2, 0) is 6.42 Å². The van der Waals surface area contributed by atoms with Crippen molar-refractivity contribution in [3.63, 3.8) is 0 Å². The fourth-order valence-corrected chi connectivity index (χ4v) is 2.78. The van der Waals surface area contributed by atoms with E-state index < -0.39 is 0 Å². The van der Waals surface area contributed by atoms with E-state index in [2.05, 4.69) is 31.9 Å². The van der Waals surface area contributed by atoms with Crippen LogP contribution in [0.2, 0.25) is 0 Å². The molecule has 1 aromatic rings. The fraction of sp³-hybridized carbons (Fsp3) is 0.455. The SMILES string of the molecule is Fc1ccc(Br)cc1CC1(CBr)CC1. The third kappa shape index (κ3) is 2.19. The lowest BCUT2D eigenvalue weighted by Crippen LogP contribution is -2.07. The van der Waals surface area contributed by atoms with Crippen LogP contribution in [0, 0.1) is 11.2 Å². The summed E-state index contributed by atoms with van der Waals surface area (Å²) < 4.78 is 14.4. The van der Waals surface area contributed by atoms with Crippen LogP contribution in [0.25, 0.3) is 0 Å². The highest BCUT2D eigenvalue weighted by molar-refractivity contribution is 9.10. The highest BCUT2D eigenvalue weighted by Gasteiger charge is 2.41. The van der Waals surface area contributed by atoms with E-state index in [0.717, 1.165) is 21.8 Å². The van der Waals surface area contributed by atoms with Crippen molar-refractivity contribution < 1.29 is 4.39 Å². The fourth-order valence-electron chi connectivity index (χ4n) is 1.62. The molecule has 1 fully saturated rings. The van der Waals surface area contributed by atoms with Gasteiger partial charge in [0.2, 0.25) is 0 Å². The van der Waals surface area contributed by atoms with Gasteiger partial charge in [-0.25, -0.2) is 4.39 Å². The Morgan fingerprint density at radius 1 is 1.36 bits per heavy atom. The first-order chi connectivity index (χ1) is 6.65. The summed E-state index contributed by atoms with van der Waals surface area (Å²) in [6.45, 7) is 0. The van der Waals surface area contributed by atoms with Crippen molar-refractivity contribution in [1.29, 1.82) is 0 Å². The van der Waals surface area contributed by atoms with Crippen molar-refractivity contribution in [3.05, 3.63) is 34.1 Å². The predicted molar refractivity (Wildman–Crippen MR) is 63.3 cm³/mol. The summed E-state index contributed by atoms with van der Waals surface area (Å²) in [6.07, 6.45) is 3.28. The van der Waals surface area contributed by atoms with Gasteiger partial charge in [-0.05, 0) is 48.4 Å². The van der Waals surface area contributed by atoms with E-state index in [0.29, 0.717) is 5.41 Å². The molecule has 0 radical (unpaired) electrons. The summed E-state index contributed by atoms with van der Waals surface area (Å²) in [7, 11) is 0. The van der Waals surface area contributed by atoms with Gasteiger partial charge in [0.25, 0.3) is 0 Å². The molecule has 0 spiro atoms. The first-order valence-electron chi connectivity index (χ1n) is 4.65. The van der Waals surface area contributed by atoms with Gasteiger partial charge in [-0.1, -0.05) is 31.9 Å². The predicted octanol–water partition coefficient (Wildman–Crippen LogP) is 4.31.